The fraction of sp³-hybridized carbons (Fsp3) is 0.455. The van der Waals surface area contributed by atoms with E-state index in [0.717, 1.165) is 6.33 Å². The number of anilines is 2. The number of pyridine rings is 1. The molecule has 0 aliphatic carbocycles. The van der Waals surface area contributed by atoms with Gasteiger partial charge in [-0.15, -0.1) is 0 Å². The number of fused-ring (bicyclic) bond motifs is 5. The summed E-state index contributed by atoms with van der Waals surface area (Å²) in [4.78, 5) is 56.7. The Bertz CT molecular complexity index is 1980. The first-order valence-electron chi connectivity index (χ1n) is 13.4. The third-order valence-electron chi connectivity index (χ3n) is 7.60. The molecule has 9 N–H and O–H groups in total. The highest BCUT2D eigenvalue weighted by atomic mass is 32.5. The summed E-state index contributed by atoms with van der Waals surface area (Å²) in [5.74, 6) is -0.125. The third-order valence-corrected chi connectivity index (χ3v) is 10.1. The molecule has 24 heteroatoms. The van der Waals surface area contributed by atoms with Crippen LogP contribution in [-0.2, 0) is 43.9 Å². The van der Waals surface area contributed by atoms with Gasteiger partial charge in [-0.05, 0) is 11.8 Å². The fourth-order valence-corrected chi connectivity index (χ4v) is 7.89. The second-order valence-electron chi connectivity index (χ2n) is 10.5. The normalized spacial score (nSPS) is 37.0. The molecule has 3 fully saturated rings. The van der Waals surface area contributed by atoms with Crippen LogP contribution < -0.4 is 17.0 Å². The van der Waals surface area contributed by atoms with Crippen LogP contribution in [0.5, 0.6) is 0 Å². The fourth-order valence-electron chi connectivity index (χ4n) is 5.51. The number of ether oxygens (including phenoxy) is 2. The summed E-state index contributed by atoms with van der Waals surface area (Å²) in [6.45, 7) is -5.66. The highest BCUT2D eigenvalue weighted by Crippen LogP contribution is 2.54. The van der Waals surface area contributed by atoms with E-state index in [1.54, 1.807) is 0 Å². The molecular weight excluding hydrogens is 676 g/mol. The Balaban J connectivity index is 1.21. The summed E-state index contributed by atoms with van der Waals surface area (Å²) >= 11 is 5.23. The van der Waals surface area contributed by atoms with Crippen LogP contribution in [0.2, 0.25) is 0 Å². The predicted molar refractivity (Wildman–Crippen MR) is 156 cm³/mol. The van der Waals surface area contributed by atoms with E-state index in [-0.39, 0.29) is 28.5 Å². The summed E-state index contributed by atoms with van der Waals surface area (Å²) in [6.07, 6.45) is -6.50. The smallest absolute Gasteiger partial charge is 0.387 e. The van der Waals surface area contributed by atoms with Crippen molar-refractivity contribution in [3.8, 4) is 0 Å². The molecule has 0 spiro atoms. The summed E-state index contributed by atoms with van der Waals surface area (Å²) in [6, 6.07) is 0. The molecule has 4 aromatic heterocycles. The Hall–Kier alpha value is -3.08. The molecule has 0 radical (unpaired) electrons. The lowest BCUT2D eigenvalue weighted by Crippen LogP contribution is -2.36. The van der Waals surface area contributed by atoms with Crippen molar-refractivity contribution < 1.29 is 52.1 Å². The molecule has 3 aliphatic rings. The van der Waals surface area contributed by atoms with Gasteiger partial charge in [0.25, 0.3) is 5.56 Å². The van der Waals surface area contributed by atoms with Crippen LogP contribution in [0.1, 0.15) is 17.9 Å². The average Bonchev–Trinajstić information content (AvgIpc) is 3.64. The maximum Gasteiger partial charge on any atom is 0.472 e. The molecule has 3 saturated heterocycles. The number of aromatic nitrogens is 7. The first-order valence-corrected chi connectivity index (χ1v) is 17.5. The molecule has 7 heterocycles. The molecule has 4 aromatic rings. The van der Waals surface area contributed by atoms with E-state index in [2.05, 4.69) is 29.9 Å². The van der Waals surface area contributed by atoms with E-state index in [1.165, 1.54) is 23.3 Å². The van der Waals surface area contributed by atoms with Gasteiger partial charge in [-0.25, -0.2) is 19.5 Å². The van der Waals surface area contributed by atoms with Crippen molar-refractivity contribution in [2.24, 2.45) is 0 Å². The van der Waals surface area contributed by atoms with E-state index < -0.39 is 82.3 Å². The molecule has 0 amide bonds. The lowest BCUT2D eigenvalue weighted by molar-refractivity contribution is -0.0607. The lowest BCUT2D eigenvalue weighted by atomic mass is 10.0. The van der Waals surface area contributed by atoms with Gasteiger partial charge in [-0.3, -0.25) is 32.9 Å². The molecule has 21 nitrogen and oxygen atoms in total. The monoisotopic (exact) mass is 701 g/mol. The maximum atomic E-state index is 13.2. The number of nitrogens with one attached hydrogen (secondary N) is 1. The van der Waals surface area contributed by atoms with Crippen LogP contribution in [0, 0.1) is 0 Å². The molecule has 4 unspecified atom stereocenters. The minimum absolute atomic E-state index is 0.0600. The number of aliphatic hydroxyl groups excluding tert-OH is 2. The first kappa shape index (κ1) is 31.5. The van der Waals surface area contributed by atoms with Crippen molar-refractivity contribution in [1.29, 1.82) is 0 Å². The summed E-state index contributed by atoms with van der Waals surface area (Å²) in [5.41, 5.74) is 11.3. The van der Waals surface area contributed by atoms with Crippen LogP contribution in [0.15, 0.2) is 29.8 Å². The number of phosphoric acid groups is 1. The number of nitrogen functional groups attached to an aromatic ring is 2. The van der Waals surface area contributed by atoms with Gasteiger partial charge in [-0.2, -0.15) is 4.98 Å². The average molecular weight is 702 g/mol. The van der Waals surface area contributed by atoms with Gasteiger partial charge in [0, 0.05) is 18.0 Å². The SMILES string of the molecule is Nc1nc2c(ncn2[C@@H]2O[C@@H]3COP(=O)(O)O[C@@H]4C(O)[C@H](c5cncc6c(N)ncnc56)O[C@@H]4COP(O)(=S)O[C@H]2C3O)c(=O)[nH]1. The number of aliphatic hydroxyl groups is 2. The zero-order valence-electron chi connectivity index (χ0n) is 23.0. The van der Waals surface area contributed by atoms with Crippen LogP contribution in [0.3, 0.4) is 0 Å². The largest absolute Gasteiger partial charge is 0.472 e. The van der Waals surface area contributed by atoms with Crippen LogP contribution in [-0.4, -0.2) is 104 Å². The zero-order chi connectivity index (χ0) is 32.5. The molecule has 0 saturated carbocycles. The molecule has 3 aliphatic heterocycles. The van der Waals surface area contributed by atoms with Gasteiger partial charge in [0.15, 0.2) is 17.4 Å². The maximum absolute atomic E-state index is 13.2. The topological polar surface area (TPSA) is 308 Å². The van der Waals surface area contributed by atoms with Gasteiger partial charge in [0.1, 0.15) is 54.9 Å². The quantitative estimate of drug-likeness (QED) is 0.117. The Morgan fingerprint density at radius 3 is 2.57 bits per heavy atom. The minimum atomic E-state index is -5.02. The molecular formula is C22H25N9O12P2S. The van der Waals surface area contributed by atoms with Gasteiger partial charge in [0.2, 0.25) is 5.95 Å². The minimum Gasteiger partial charge on any atom is -0.387 e. The van der Waals surface area contributed by atoms with E-state index in [9.17, 15) is 29.4 Å². The summed E-state index contributed by atoms with van der Waals surface area (Å²) < 4.78 is 48.0. The van der Waals surface area contributed by atoms with E-state index in [4.69, 9.17) is 50.8 Å². The number of nitrogens with zero attached hydrogens (tertiary/aromatic N) is 6. The summed E-state index contributed by atoms with van der Waals surface area (Å²) in [7, 11) is -5.02. The van der Waals surface area contributed by atoms with Crippen molar-refractivity contribution >= 4 is 60.2 Å². The van der Waals surface area contributed by atoms with Crippen molar-refractivity contribution in [2.75, 3.05) is 24.7 Å². The number of aromatic amines is 1. The standard InChI is InChI=1S/C22H25N9O12P2S/c23-18-8-2-25-1-7(11(8)26-5-27-18)15-14(33)16-10(40-15)4-39-45(37,46)43-17-13(32)9(3-38-44(35,36)42-16)41-21(17)31-6-28-12-19(31)29-22(24)30-20(12)34/h1-2,5-6,9-10,13-17,21,32-33H,3-4H2,(H,35,36)(H,37,46)(H2,23,26,27)(H3,24,29,30,34)/t9-,10-,13?,14?,15+,16+,17+,21-,45?/m1/s1. The molecule has 10 atom stereocenters. The number of hydrogen-bond acceptors (Lipinski definition) is 18. The summed E-state index contributed by atoms with van der Waals surface area (Å²) in [5, 5.41) is 22.8. The second-order valence-corrected chi connectivity index (χ2v) is 14.7. The first-order chi connectivity index (χ1) is 21.8. The van der Waals surface area contributed by atoms with Gasteiger partial charge in [0.05, 0.1) is 30.4 Å². The molecule has 2 bridgehead atoms. The number of hydrogen-bond donors (Lipinski definition) is 7. The van der Waals surface area contributed by atoms with Crippen molar-refractivity contribution in [3.63, 3.8) is 0 Å². The third kappa shape index (κ3) is 5.60. The predicted octanol–water partition coefficient (Wildman–Crippen LogP) is -1.48. The number of phosphoric ester groups is 1. The molecule has 246 valence electrons. The van der Waals surface area contributed by atoms with Crippen molar-refractivity contribution in [3.05, 3.63) is 41.0 Å². The zero-order valence-corrected chi connectivity index (χ0v) is 25.6. The molecule has 0 aromatic carbocycles. The second kappa shape index (κ2) is 11.6. The van der Waals surface area contributed by atoms with Crippen LogP contribution in [0.4, 0.5) is 11.8 Å². The van der Waals surface area contributed by atoms with Crippen molar-refractivity contribution in [2.45, 2.75) is 49.0 Å². The Morgan fingerprint density at radius 1 is 0.978 bits per heavy atom. The Kier molecular flexibility index (Phi) is 7.92. The van der Waals surface area contributed by atoms with Gasteiger partial charge >= 0.3 is 14.5 Å². The van der Waals surface area contributed by atoms with Crippen molar-refractivity contribution in [1.82, 2.24) is 34.5 Å². The molecule has 46 heavy (non-hydrogen) atoms. The Labute approximate surface area is 261 Å². The highest BCUT2D eigenvalue weighted by molar-refractivity contribution is 8.07. The highest BCUT2D eigenvalue weighted by Gasteiger charge is 2.53. The molecule has 7 rings (SSSR count). The number of H-pyrrole nitrogens is 1. The van der Waals surface area contributed by atoms with Crippen LogP contribution >= 0.6 is 14.5 Å². The number of imidazole rings is 1. The van der Waals surface area contributed by atoms with Crippen LogP contribution in [0.25, 0.3) is 22.1 Å². The van der Waals surface area contributed by atoms with E-state index in [0.29, 0.717) is 10.9 Å². The van der Waals surface area contributed by atoms with Gasteiger partial charge in [-0.1, -0.05) is 0 Å². The lowest BCUT2D eigenvalue weighted by Gasteiger charge is -2.27. The van der Waals surface area contributed by atoms with E-state index in [1.807, 2.05) is 0 Å². The number of rotatable bonds is 2. The number of nitrogens with two attached hydrogens (primary N) is 2. The Morgan fingerprint density at radius 2 is 1.76 bits per heavy atom. The van der Waals surface area contributed by atoms with E-state index >= 15 is 0 Å². The van der Waals surface area contributed by atoms with Gasteiger partial charge < -0.3 is 45.5 Å².